The van der Waals surface area contributed by atoms with E-state index in [1.165, 1.54) is 12.4 Å². The van der Waals surface area contributed by atoms with Gasteiger partial charge in [-0.3, -0.25) is 4.57 Å². The summed E-state index contributed by atoms with van der Waals surface area (Å²) in [5, 5.41) is 0. The van der Waals surface area contributed by atoms with Crippen LogP contribution in [0.25, 0.3) is 0 Å². The minimum Gasteiger partial charge on any atom is -0.486 e. The third kappa shape index (κ3) is 2.72. The zero-order valence-electron chi connectivity index (χ0n) is 8.88. The van der Waals surface area contributed by atoms with Gasteiger partial charge in [0, 0.05) is 18.1 Å². The van der Waals surface area contributed by atoms with Crippen LogP contribution in [0.5, 0.6) is 5.75 Å². The number of benzene rings is 1. The van der Waals surface area contributed by atoms with Crippen LogP contribution >= 0.6 is 0 Å². The maximum Gasteiger partial charge on any atom is 0.320 e. The van der Waals surface area contributed by atoms with Crippen LogP contribution in [0.4, 0.5) is 14.5 Å². The number of nitrogens with two attached hydrogens (primary N) is 1. The second-order valence-corrected chi connectivity index (χ2v) is 3.39. The van der Waals surface area contributed by atoms with Crippen molar-refractivity contribution in [3.8, 4) is 5.75 Å². The Hall–Kier alpha value is -2.11. The quantitative estimate of drug-likeness (QED) is 0.834. The van der Waals surface area contributed by atoms with E-state index in [1.54, 1.807) is 24.3 Å². The topological polar surface area (TPSA) is 53.1 Å². The molecular formula is C11H11F2N3O. The van der Waals surface area contributed by atoms with Crippen molar-refractivity contribution in [2.24, 2.45) is 0 Å². The number of ether oxygens (including phenoxy) is 1. The molecule has 0 bridgehead atoms. The van der Waals surface area contributed by atoms with Crippen LogP contribution in [0.3, 0.4) is 0 Å². The van der Waals surface area contributed by atoms with Crippen LogP contribution < -0.4 is 10.5 Å². The second-order valence-electron chi connectivity index (χ2n) is 3.39. The smallest absolute Gasteiger partial charge is 0.320 e. The average Bonchev–Trinajstić information content (AvgIpc) is 2.76. The van der Waals surface area contributed by atoms with E-state index in [0.717, 1.165) is 4.57 Å². The van der Waals surface area contributed by atoms with Crippen LogP contribution in [0.2, 0.25) is 0 Å². The molecular weight excluding hydrogens is 228 g/mol. The van der Waals surface area contributed by atoms with E-state index in [1.807, 2.05) is 0 Å². The molecule has 0 fully saturated rings. The Balaban J connectivity index is 2.02. The molecule has 0 aliphatic heterocycles. The molecule has 2 aromatic rings. The maximum absolute atomic E-state index is 12.5. The van der Waals surface area contributed by atoms with Gasteiger partial charge in [-0.2, -0.15) is 8.78 Å². The fraction of sp³-hybridized carbons (Fsp3) is 0.182. The lowest BCUT2D eigenvalue weighted by molar-refractivity contribution is 0.0632. The molecule has 17 heavy (non-hydrogen) atoms. The number of rotatable bonds is 4. The summed E-state index contributed by atoms with van der Waals surface area (Å²) in [6.45, 7) is -2.62. The Bertz CT molecular complexity index is 482. The van der Waals surface area contributed by atoms with E-state index < -0.39 is 6.55 Å². The standard InChI is InChI=1S/C11H11F2N3O/c12-11(13)16-6-5-15-10(16)7-17-9-3-1-8(14)2-4-9/h1-6,11H,7,14H2. The van der Waals surface area contributed by atoms with Crippen LogP contribution in [0.1, 0.15) is 12.4 Å². The van der Waals surface area contributed by atoms with Gasteiger partial charge in [0.1, 0.15) is 12.4 Å². The minimum absolute atomic E-state index is 0.0126. The average molecular weight is 239 g/mol. The first-order chi connectivity index (χ1) is 8.16. The number of halogens is 2. The molecule has 0 saturated carbocycles. The fourth-order valence-corrected chi connectivity index (χ4v) is 1.35. The molecule has 2 rings (SSSR count). The fourth-order valence-electron chi connectivity index (χ4n) is 1.35. The largest absolute Gasteiger partial charge is 0.486 e. The molecule has 90 valence electrons. The maximum atomic E-state index is 12.5. The Morgan fingerprint density at radius 2 is 2.00 bits per heavy atom. The number of alkyl halides is 2. The normalized spacial score (nSPS) is 10.8. The van der Waals surface area contributed by atoms with Crippen LogP contribution in [0.15, 0.2) is 36.7 Å². The summed E-state index contributed by atoms with van der Waals surface area (Å²) >= 11 is 0. The predicted molar refractivity (Wildman–Crippen MR) is 58.7 cm³/mol. The van der Waals surface area contributed by atoms with E-state index in [4.69, 9.17) is 10.5 Å². The zero-order valence-corrected chi connectivity index (χ0v) is 8.88. The van der Waals surface area contributed by atoms with Crippen LogP contribution in [-0.4, -0.2) is 9.55 Å². The van der Waals surface area contributed by atoms with Gasteiger partial charge >= 0.3 is 6.55 Å². The monoisotopic (exact) mass is 239 g/mol. The SMILES string of the molecule is Nc1ccc(OCc2nccn2C(F)F)cc1. The molecule has 0 aliphatic rings. The number of imidazole rings is 1. The molecule has 6 heteroatoms. The van der Waals surface area contributed by atoms with Crippen molar-refractivity contribution in [2.45, 2.75) is 13.2 Å². The molecule has 0 aliphatic carbocycles. The first-order valence-electron chi connectivity index (χ1n) is 4.95. The lowest BCUT2D eigenvalue weighted by atomic mass is 10.3. The summed E-state index contributed by atoms with van der Waals surface area (Å²) in [5.41, 5.74) is 6.13. The number of aromatic nitrogens is 2. The Morgan fingerprint density at radius 3 is 2.65 bits per heavy atom. The Kier molecular flexibility index (Phi) is 3.22. The van der Waals surface area contributed by atoms with Gasteiger partial charge in [0.2, 0.25) is 0 Å². The number of nitrogen functional groups attached to an aromatic ring is 1. The summed E-state index contributed by atoms with van der Waals surface area (Å²) in [4.78, 5) is 3.80. The second kappa shape index (κ2) is 4.82. The van der Waals surface area contributed by atoms with Crippen molar-refractivity contribution >= 4 is 5.69 Å². The molecule has 2 N–H and O–H groups in total. The van der Waals surface area contributed by atoms with Gasteiger partial charge < -0.3 is 10.5 Å². The van der Waals surface area contributed by atoms with Crippen LogP contribution in [0, 0.1) is 0 Å². The molecule has 0 saturated heterocycles. The highest BCUT2D eigenvalue weighted by molar-refractivity contribution is 5.41. The molecule has 0 radical (unpaired) electrons. The van der Waals surface area contributed by atoms with Crippen molar-refractivity contribution in [1.29, 1.82) is 0 Å². The molecule has 0 amide bonds. The predicted octanol–water partition coefficient (Wildman–Crippen LogP) is 2.44. The van der Waals surface area contributed by atoms with Crippen molar-refractivity contribution in [3.05, 3.63) is 42.5 Å². The first kappa shape index (κ1) is 11.4. The summed E-state index contributed by atoms with van der Waals surface area (Å²) in [6.07, 6.45) is 2.53. The number of hydrogen-bond donors (Lipinski definition) is 1. The molecule has 0 atom stereocenters. The van der Waals surface area contributed by atoms with E-state index in [-0.39, 0.29) is 12.4 Å². The van der Waals surface area contributed by atoms with Crippen molar-refractivity contribution in [1.82, 2.24) is 9.55 Å². The lowest BCUT2D eigenvalue weighted by Gasteiger charge is -2.08. The van der Waals surface area contributed by atoms with Crippen LogP contribution in [-0.2, 0) is 6.61 Å². The molecule has 4 nitrogen and oxygen atoms in total. The van der Waals surface area contributed by atoms with Crippen molar-refractivity contribution in [2.75, 3.05) is 5.73 Å². The first-order valence-corrected chi connectivity index (χ1v) is 4.95. The third-order valence-corrected chi connectivity index (χ3v) is 2.21. The van der Waals surface area contributed by atoms with Gasteiger partial charge in [-0.15, -0.1) is 0 Å². The van der Waals surface area contributed by atoms with E-state index in [2.05, 4.69) is 4.98 Å². The number of hydrogen-bond acceptors (Lipinski definition) is 3. The Labute approximate surface area is 96.6 Å². The molecule has 0 spiro atoms. The minimum atomic E-state index is -2.61. The summed E-state index contributed by atoms with van der Waals surface area (Å²) in [6, 6.07) is 6.69. The van der Waals surface area contributed by atoms with Crippen molar-refractivity contribution < 1.29 is 13.5 Å². The molecule has 1 aromatic heterocycles. The zero-order chi connectivity index (χ0) is 12.3. The third-order valence-electron chi connectivity index (χ3n) is 2.21. The molecule has 0 unspecified atom stereocenters. The van der Waals surface area contributed by atoms with Crippen molar-refractivity contribution in [3.63, 3.8) is 0 Å². The number of anilines is 1. The Morgan fingerprint density at radius 1 is 1.29 bits per heavy atom. The summed E-state index contributed by atoms with van der Waals surface area (Å²) in [5.74, 6) is 0.736. The van der Waals surface area contributed by atoms with Gasteiger partial charge in [0.05, 0.1) is 0 Å². The van der Waals surface area contributed by atoms with E-state index >= 15 is 0 Å². The van der Waals surface area contributed by atoms with E-state index in [0.29, 0.717) is 11.4 Å². The summed E-state index contributed by atoms with van der Waals surface area (Å²) in [7, 11) is 0. The highest BCUT2D eigenvalue weighted by atomic mass is 19.3. The molecule has 1 heterocycles. The number of nitrogens with zero attached hydrogens (tertiary/aromatic N) is 2. The van der Waals surface area contributed by atoms with E-state index in [9.17, 15) is 8.78 Å². The van der Waals surface area contributed by atoms with Gasteiger partial charge in [0.25, 0.3) is 0 Å². The van der Waals surface area contributed by atoms with Gasteiger partial charge in [-0.1, -0.05) is 0 Å². The lowest BCUT2D eigenvalue weighted by Crippen LogP contribution is -2.07. The van der Waals surface area contributed by atoms with Gasteiger partial charge in [-0.05, 0) is 24.3 Å². The highest BCUT2D eigenvalue weighted by Gasteiger charge is 2.11. The highest BCUT2D eigenvalue weighted by Crippen LogP contribution is 2.17. The summed E-state index contributed by atoms with van der Waals surface area (Å²) < 4.78 is 31.1. The van der Waals surface area contributed by atoms with Gasteiger partial charge in [0.15, 0.2) is 5.82 Å². The molecule has 1 aromatic carbocycles. The van der Waals surface area contributed by atoms with Gasteiger partial charge in [-0.25, -0.2) is 4.98 Å².